The summed E-state index contributed by atoms with van der Waals surface area (Å²) in [6.45, 7) is 0.661. The van der Waals surface area contributed by atoms with Gasteiger partial charge in [-0.2, -0.15) is 0 Å². The number of hydrogen-bond donors (Lipinski definition) is 1. The smallest absolute Gasteiger partial charge is 0.311 e. The minimum Gasteiger partial charge on any atom is -0.490 e. The molecule has 1 aliphatic heterocycles. The zero-order valence-corrected chi connectivity index (χ0v) is 11.3. The maximum Gasteiger partial charge on any atom is 0.311 e. The number of carboxylic acid groups (broad SMARTS) is 1. The third-order valence-corrected chi connectivity index (χ3v) is 3.33. The zero-order chi connectivity index (χ0) is 15.6. The van der Waals surface area contributed by atoms with Crippen molar-refractivity contribution in [3.8, 4) is 5.75 Å². The Labute approximate surface area is 120 Å². The van der Waals surface area contributed by atoms with Crippen LogP contribution in [0.2, 0.25) is 0 Å². The van der Waals surface area contributed by atoms with Crippen molar-refractivity contribution in [1.29, 1.82) is 0 Å². The van der Waals surface area contributed by atoms with Crippen LogP contribution in [0.5, 0.6) is 5.75 Å². The van der Waals surface area contributed by atoms with Crippen LogP contribution in [0.4, 0.5) is 5.69 Å². The highest BCUT2D eigenvalue weighted by Gasteiger charge is 2.35. The molecule has 0 bridgehead atoms. The van der Waals surface area contributed by atoms with Crippen LogP contribution in [0.15, 0.2) is 18.2 Å². The molecule has 1 saturated heterocycles. The molecule has 8 heteroatoms. The number of carboxylic acids is 1. The van der Waals surface area contributed by atoms with Crippen LogP contribution < -0.4 is 4.74 Å². The average molecular weight is 294 g/mol. The molecule has 21 heavy (non-hydrogen) atoms. The Morgan fingerprint density at radius 1 is 1.48 bits per heavy atom. The van der Waals surface area contributed by atoms with Gasteiger partial charge in [0.1, 0.15) is 0 Å². The number of benzene rings is 1. The van der Waals surface area contributed by atoms with Crippen molar-refractivity contribution in [2.24, 2.45) is 5.92 Å². The third kappa shape index (κ3) is 2.93. The average Bonchev–Trinajstić information content (AvgIpc) is 2.40. The minimum absolute atomic E-state index is 0.00977. The van der Waals surface area contributed by atoms with Crippen molar-refractivity contribution >= 4 is 17.6 Å². The number of nitrogens with zero attached hydrogens (tertiary/aromatic N) is 2. The number of methoxy groups -OCH3 is 1. The van der Waals surface area contributed by atoms with Gasteiger partial charge in [0.25, 0.3) is 5.91 Å². The number of para-hydroxylation sites is 1. The Morgan fingerprint density at radius 2 is 2.14 bits per heavy atom. The molecule has 1 aliphatic rings. The van der Waals surface area contributed by atoms with Crippen LogP contribution >= 0.6 is 0 Å². The molecule has 1 amide bonds. The molecule has 2 rings (SSSR count). The van der Waals surface area contributed by atoms with E-state index >= 15 is 0 Å². The van der Waals surface area contributed by atoms with E-state index in [1.165, 1.54) is 30.2 Å². The fourth-order valence-corrected chi connectivity index (χ4v) is 2.33. The van der Waals surface area contributed by atoms with Gasteiger partial charge in [0.05, 0.1) is 24.0 Å². The van der Waals surface area contributed by atoms with E-state index in [0.29, 0.717) is 13.1 Å². The van der Waals surface area contributed by atoms with E-state index in [1.54, 1.807) is 0 Å². The standard InChI is InChI=1S/C13H14N2O6/c1-21-12-9(3-2-4-10(12)15(19)20)13(18)14-6-8(7-14)5-11(16)17/h2-4,8H,5-7H2,1H3,(H,16,17). The third-order valence-electron chi connectivity index (χ3n) is 3.33. The molecule has 0 aromatic heterocycles. The Bertz CT molecular complexity index is 594. The summed E-state index contributed by atoms with van der Waals surface area (Å²) in [5.41, 5.74) is -0.161. The molecule has 1 N–H and O–H groups in total. The van der Waals surface area contributed by atoms with Crippen molar-refractivity contribution < 1.29 is 24.4 Å². The fourth-order valence-electron chi connectivity index (χ4n) is 2.33. The van der Waals surface area contributed by atoms with E-state index in [2.05, 4.69) is 0 Å². The van der Waals surface area contributed by atoms with Gasteiger partial charge < -0.3 is 14.7 Å². The summed E-state index contributed by atoms with van der Waals surface area (Å²) in [7, 11) is 1.27. The first-order valence-electron chi connectivity index (χ1n) is 6.26. The molecule has 1 fully saturated rings. The second-order valence-electron chi connectivity index (χ2n) is 4.79. The minimum atomic E-state index is -0.903. The van der Waals surface area contributed by atoms with Gasteiger partial charge in [-0.3, -0.25) is 19.7 Å². The number of rotatable bonds is 5. The highest BCUT2D eigenvalue weighted by atomic mass is 16.6. The van der Waals surface area contributed by atoms with Gasteiger partial charge in [-0.1, -0.05) is 6.07 Å². The van der Waals surface area contributed by atoms with Crippen molar-refractivity contribution in [2.45, 2.75) is 6.42 Å². The van der Waals surface area contributed by atoms with Crippen LogP contribution in [0, 0.1) is 16.0 Å². The first kappa shape index (κ1) is 14.8. The summed E-state index contributed by atoms with van der Waals surface area (Å²) in [5.74, 6) is -1.44. The van der Waals surface area contributed by atoms with Gasteiger partial charge in [-0.15, -0.1) is 0 Å². The van der Waals surface area contributed by atoms with Crippen LogP contribution in [-0.4, -0.2) is 47.0 Å². The lowest BCUT2D eigenvalue weighted by Crippen LogP contribution is -2.50. The number of aliphatic carboxylic acids is 1. The number of likely N-dealkylation sites (tertiary alicyclic amines) is 1. The number of carbonyl (C=O) groups is 2. The molecule has 0 radical (unpaired) electrons. The molecule has 1 aromatic carbocycles. The lowest BCUT2D eigenvalue weighted by molar-refractivity contribution is -0.385. The maximum atomic E-state index is 12.3. The van der Waals surface area contributed by atoms with Crippen molar-refractivity contribution in [1.82, 2.24) is 4.90 Å². The molecule has 0 saturated carbocycles. The van der Waals surface area contributed by atoms with Gasteiger partial charge in [-0.05, 0) is 6.07 Å². The van der Waals surface area contributed by atoms with Crippen LogP contribution in [-0.2, 0) is 4.79 Å². The summed E-state index contributed by atoms with van der Waals surface area (Å²) in [5, 5.41) is 19.6. The lowest BCUT2D eigenvalue weighted by Gasteiger charge is -2.38. The van der Waals surface area contributed by atoms with Gasteiger partial charge in [0.15, 0.2) is 0 Å². The van der Waals surface area contributed by atoms with E-state index in [4.69, 9.17) is 9.84 Å². The molecular formula is C13H14N2O6. The summed E-state index contributed by atoms with van der Waals surface area (Å²) < 4.78 is 4.99. The number of hydrogen-bond acceptors (Lipinski definition) is 5. The highest BCUT2D eigenvalue weighted by molar-refractivity contribution is 5.98. The first-order chi connectivity index (χ1) is 9.93. The second kappa shape index (κ2) is 5.78. The number of carbonyl (C=O) groups excluding carboxylic acids is 1. The normalized spacial score (nSPS) is 14.4. The second-order valence-corrected chi connectivity index (χ2v) is 4.79. The highest BCUT2D eigenvalue weighted by Crippen LogP contribution is 2.33. The maximum absolute atomic E-state index is 12.3. The monoisotopic (exact) mass is 294 g/mol. The van der Waals surface area contributed by atoms with E-state index in [0.717, 1.165) is 0 Å². The summed E-state index contributed by atoms with van der Waals surface area (Å²) in [6, 6.07) is 4.14. The molecule has 1 heterocycles. The quantitative estimate of drug-likeness (QED) is 0.644. The number of nitro groups is 1. The van der Waals surface area contributed by atoms with Crippen LogP contribution in [0.25, 0.3) is 0 Å². The van der Waals surface area contributed by atoms with E-state index < -0.39 is 16.8 Å². The Kier molecular flexibility index (Phi) is 4.06. The van der Waals surface area contributed by atoms with E-state index in [9.17, 15) is 19.7 Å². The number of ether oxygens (including phenoxy) is 1. The Balaban J connectivity index is 2.16. The van der Waals surface area contributed by atoms with Gasteiger partial charge in [0.2, 0.25) is 5.75 Å². The molecular weight excluding hydrogens is 280 g/mol. The van der Waals surface area contributed by atoms with Crippen molar-refractivity contribution in [3.05, 3.63) is 33.9 Å². The van der Waals surface area contributed by atoms with Crippen molar-refractivity contribution in [2.75, 3.05) is 20.2 Å². The predicted octanol–water partition coefficient (Wildman–Crippen LogP) is 1.15. The fraction of sp³-hybridized carbons (Fsp3) is 0.385. The summed E-state index contributed by atoms with van der Waals surface area (Å²) in [6.07, 6.45) is 0.00977. The molecule has 1 aromatic rings. The molecule has 0 spiro atoms. The largest absolute Gasteiger partial charge is 0.490 e. The number of amides is 1. The first-order valence-corrected chi connectivity index (χ1v) is 6.26. The van der Waals surface area contributed by atoms with Crippen molar-refractivity contribution in [3.63, 3.8) is 0 Å². The SMILES string of the molecule is COc1c(C(=O)N2CC(CC(=O)O)C2)cccc1[N+](=O)[O-]. The number of nitro benzene ring substituents is 1. The Morgan fingerprint density at radius 3 is 2.67 bits per heavy atom. The van der Waals surface area contributed by atoms with Gasteiger partial charge >= 0.3 is 11.7 Å². The van der Waals surface area contributed by atoms with Crippen LogP contribution in [0.1, 0.15) is 16.8 Å². The summed E-state index contributed by atoms with van der Waals surface area (Å²) in [4.78, 5) is 34.6. The van der Waals surface area contributed by atoms with Crippen LogP contribution in [0.3, 0.4) is 0 Å². The predicted molar refractivity (Wildman–Crippen MR) is 71.3 cm³/mol. The molecule has 8 nitrogen and oxygen atoms in total. The lowest BCUT2D eigenvalue weighted by atomic mass is 9.95. The van der Waals surface area contributed by atoms with E-state index in [1.807, 2.05) is 0 Å². The molecule has 0 aliphatic carbocycles. The van der Waals surface area contributed by atoms with E-state index in [-0.39, 0.29) is 29.3 Å². The van der Waals surface area contributed by atoms with Gasteiger partial charge in [-0.25, -0.2) is 0 Å². The zero-order valence-electron chi connectivity index (χ0n) is 11.3. The topological polar surface area (TPSA) is 110 Å². The van der Waals surface area contributed by atoms with Gasteiger partial charge in [0, 0.05) is 25.1 Å². The molecule has 112 valence electrons. The summed E-state index contributed by atoms with van der Waals surface area (Å²) >= 11 is 0. The molecule has 0 atom stereocenters. The molecule has 0 unspecified atom stereocenters. The Hall–Kier alpha value is -2.64.